The van der Waals surface area contributed by atoms with Crippen LogP contribution in [0.1, 0.15) is 37.5 Å². The molecule has 0 aliphatic heterocycles. The summed E-state index contributed by atoms with van der Waals surface area (Å²) in [6, 6.07) is 8.05. The van der Waals surface area contributed by atoms with Crippen molar-refractivity contribution in [1.29, 1.82) is 0 Å². The highest BCUT2D eigenvalue weighted by Gasteiger charge is 2.14. The van der Waals surface area contributed by atoms with Gasteiger partial charge in [0.2, 0.25) is 0 Å². The molecule has 0 saturated carbocycles. The van der Waals surface area contributed by atoms with E-state index in [0.717, 1.165) is 18.6 Å². The maximum absolute atomic E-state index is 11.4. The number of ether oxygens (including phenoxy) is 2. The number of benzene rings is 1. The Bertz CT molecular complexity index is 393. The van der Waals surface area contributed by atoms with Gasteiger partial charge in [-0.05, 0) is 31.0 Å². The molecular formula is C15H22O3S. The Morgan fingerprint density at radius 2 is 2.16 bits per heavy atom. The summed E-state index contributed by atoms with van der Waals surface area (Å²) in [5.41, 5.74) is 1.20. The summed E-state index contributed by atoms with van der Waals surface area (Å²) in [5, 5.41) is 0.310. The largest absolute Gasteiger partial charge is 0.497 e. The fourth-order valence-corrected chi connectivity index (χ4v) is 2.98. The lowest BCUT2D eigenvalue weighted by molar-refractivity contribution is -0.139. The van der Waals surface area contributed by atoms with Crippen molar-refractivity contribution in [3.63, 3.8) is 0 Å². The smallest absolute Gasteiger partial charge is 0.315 e. The van der Waals surface area contributed by atoms with Crippen molar-refractivity contribution in [2.24, 2.45) is 0 Å². The average Bonchev–Trinajstić information content (AvgIpc) is 2.44. The third kappa shape index (κ3) is 5.55. The van der Waals surface area contributed by atoms with Crippen LogP contribution in [0.3, 0.4) is 0 Å². The quantitative estimate of drug-likeness (QED) is 0.679. The van der Waals surface area contributed by atoms with Crippen molar-refractivity contribution in [3.05, 3.63) is 29.8 Å². The van der Waals surface area contributed by atoms with E-state index in [9.17, 15) is 4.79 Å². The topological polar surface area (TPSA) is 35.5 Å². The molecule has 0 aliphatic carbocycles. The van der Waals surface area contributed by atoms with E-state index in [2.05, 4.69) is 13.0 Å². The number of hydrogen-bond acceptors (Lipinski definition) is 4. The minimum Gasteiger partial charge on any atom is -0.497 e. The van der Waals surface area contributed by atoms with E-state index >= 15 is 0 Å². The molecule has 0 N–H and O–H groups in total. The van der Waals surface area contributed by atoms with Crippen LogP contribution in [0.25, 0.3) is 0 Å². The van der Waals surface area contributed by atoms with Gasteiger partial charge in [0, 0.05) is 5.25 Å². The Morgan fingerprint density at radius 3 is 2.79 bits per heavy atom. The molecule has 0 saturated heterocycles. The Kier molecular flexibility index (Phi) is 7.41. The standard InChI is InChI=1S/C15H22O3S/c1-4-7-14(19-11-15(16)18-5-2)12-8-6-9-13(10-12)17-3/h6,8-10,14H,4-5,7,11H2,1-3H3. The lowest BCUT2D eigenvalue weighted by atomic mass is 10.1. The molecule has 1 aromatic rings. The van der Waals surface area contributed by atoms with Crippen LogP contribution in [-0.4, -0.2) is 25.4 Å². The molecule has 0 fully saturated rings. The molecule has 1 atom stereocenters. The van der Waals surface area contributed by atoms with E-state index in [1.54, 1.807) is 18.9 Å². The van der Waals surface area contributed by atoms with Crippen molar-refractivity contribution < 1.29 is 14.3 Å². The fraction of sp³-hybridized carbons (Fsp3) is 0.533. The minimum atomic E-state index is -0.142. The molecule has 1 aromatic carbocycles. The first-order valence-corrected chi connectivity index (χ1v) is 7.67. The molecule has 0 amide bonds. The number of carbonyl (C=O) groups is 1. The molecule has 106 valence electrons. The summed E-state index contributed by atoms with van der Waals surface area (Å²) >= 11 is 1.64. The second-order valence-electron chi connectivity index (χ2n) is 4.17. The highest BCUT2D eigenvalue weighted by molar-refractivity contribution is 8.00. The zero-order valence-corrected chi connectivity index (χ0v) is 12.7. The highest BCUT2D eigenvalue weighted by atomic mass is 32.2. The second kappa shape index (κ2) is 8.86. The van der Waals surface area contributed by atoms with Crippen molar-refractivity contribution in [3.8, 4) is 5.75 Å². The predicted molar refractivity (Wildman–Crippen MR) is 79.7 cm³/mol. The van der Waals surface area contributed by atoms with E-state index < -0.39 is 0 Å². The molecule has 3 nitrogen and oxygen atoms in total. The van der Waals surface area contributed by atoms with Gasteiger partial charge in [0.25, 0.3) is 0 Å². The van der Waals surface area contributed by atoms with Gasteiger partial charge in [0.1, 0.15) is 5.75 Å². The fourth-order valence-electron chi connectivity index (χ4n) is 1.82. The summed E-state index contributed by atoms with van der Waals surface area (Å²) in [6.45, 7) is 4.42. The first-order chi connectivity index (χ1) is 9.21. The highest BCUT2D eigenvalue weighted by Crippen LogP contribution is 2.34. The molecule has 4 heteroatoms. The van der Waals surface area contributed by atoms with Gasteiger partial charge in [-0.2, -0.15) is 0 Å². The van der Waals surface area contributed by atoms with Crippen molar-refractivity contribution >= 4 is 17.7 Å². The van der Waals surface area contributed by atoms with Crippen LogP contribution in [0.5, 0.6) is 5.75 Å². The second-order valence-corrected chi connectivity index (χ2v) is 5.36. The summed E-state index contributed by atoms with van der Waals surface area (Å²) in [4.78, 5) is 11.4. The molecule has 0 heterocycles. The maximum Gasteiger partial charge on any atom is 0.315 e. The Hall–Kier alpha value is -1.16. The van der Waals surface area contributed by atoms with E-state index in [0.29, 0.717) is 17.6 Å². The van der Waals surface area contributed by atoms with Gasteiger partial charge in [-0.15, -0.1) is 11.8 Å². The number of hydrogen-bond donors (Lipinski definition) is 0. The van der Waals surface area contributed by atoms with Gasteiger partial charge in [-0.25, -0.2) is 0 Å². The van der Waals surface area contributed by atoms with E-state index in [4.69, 9.17) is 9.47 Å². The SMILES string of the molecule is CCCC(SCC(=O)OCC)c1cccc(OC)c1. The lowest BCUT2D eigenvalue weighted by Crippen LogP contribution is -2.08. The molecule has 0 spiro atoms. The Balaban J connectivity index is 2.67. The molecule has 0 aliphatic rings. The maximum atomic E-state index is 11.4. The number of methoxy groups -OCH3 is 1. The van der Waals surface area contributed by atoms with Crippen LogP contribution in [-0.2, 0) is 9.53 Å². The third-order valence-electron chi connectivity index (χ3n) is 2.72. The average molecular weight is 282 g/mol. The van der Waals surface area contributed by atoms with E-state index in [1.807, 2.05) is 25.1 Å². The summed E-state index contributed by atoms with van der Waals surface area (Å²) in [6.07, 6.45) is 2.12. The molecule has 0 bridgehead atoms. The monoisotopic (exact) mass is 282 g/mol. The molecule has 1 rings (SSSR count). The van der Waals surface area contributed by atoms with Crippen molar-refractivity contribution in [2.75, 3.05) is 19.5 Å². The van der Waals surface area contributed by atoms with Gasteiger partial charge in [0.05, 0.1) is 19.5 Å². The molecule has 19 heavy (non-hydrogen) atoms. The number of thioether (sulfide) groups is 1. The van der Waals surface area contributed by atoms with Crippen LogP contribution in [0.4, 0.5) is 0 Å². The van der Waals surface area contributed by atoms with E-state index in [-0.39, 0.29) is 5.97 Å². The number of carbonyl (C=O) groups excluding carboxylic acids is 1. The summed E-state index contributed by atoms with van der Waals surface area (Å²) < 4.78 is 10.2. The summed E-state index contributed by atoms with van der Waals surface area (Å²) in [5.74, 6) is 1.11. The Labute approximate surface area is 119 Å². The minimum absolute atomic E-state index is 0.142. The first-order valence-electron chi connectivity index (χ1n) is 6.62. The Morgan fingerprint density at radius 1 is 1.37 bits per heavy atom. The molecule has 0 aromatic heterocycles. The first kappa shape index (κ1) is 15.9. The van der Waals surface area contributed by atoms with Crippen LogP contribution < -0.4 is 4.74 Å². The zero-order valence-electron chi connectivity index (χ0n) is 11.8. The van der Waals surface area contributed by atoms with Gasteiger partial charge in [-0.3, -0.25) is 4.79 Å². The van der Waals surface area contributed by atoms with Crippen molar-refractivity contribution in [1.82, 2.24) is 0 Å². The molecule has 0 radical (unpaired) electrons. The number of esters is 1. The number of rotatable bonds is 8. The van der Waals surface area contributed by atoms with Crippen molar-refractivity contribution in [2.45, 2.75) is 31.9 Å². The van der Waals surface area contributed by atoms with E-state index in [1.165, 1.54) is 5.56 Å². The van der Waals surface area contributed by atoms with Gasteiger partial charge in [-0.1, -0.05) is 25.5 Å². The van der Waals surface area contributed by atoms with Crippen LogP contribution >= 0.6 is 11.8 Å². The van der Waals surface area contributed by atoms with Crippen LogP contribution in [0.2, 0.25) is 0 Å². The van der Waals surface area contributed by atoms with Crippen LogP contribution in [0.15, 0.2) is 24.3 Å². The normalized spacial score (nSPS) is 11.9. The zero-order chi connectivity index (χ0) is 14.1. The van der Waals surface area contributed by atoms with Gasteiger partial charge < -0.3 is 9.47 Å². The predicted octanol–water partition coefficient (Wildman–Crippen LogP) is 3.83. The lowest BCUT2D eigenvalue weighted by Gasteiger charge is -2.16. The third-order valence-corrected chi connectivity index (χ3v) is 4.04. The molecule has 1 unspecified atom stereocenters. The van der Waals surface area contributed by atoms with Gasteiger partial charge in [0.15, 0.2) is 0 Å². The van der Waals surface area contributed by atoms with Crippen LogP contribution in [0, 0.1) is 0 Å². The molecular weight excluding hydrogens is 260 g/mol. The summed E-state index contributed by atoms with van der Waals surface area (Å²) in [7, 11) is 1.67. The van der Waals surface area contributed by atoms with Gasteiger partial charge >= 0.3 is 5.97 Å².